The molecule has 3 aromatic carbocycles. The summed E-state index contributed by atoms with van der Waals surface area (Å²) in [5.74, 6) is 0.732. The molecule has 1 unspecified atom stereocenters. The van der Waals surface area contributed by atoms with Crippen LogP contribution in [0.5, 0.6) is 17.2 Å². The van der Waals surface area contributed by atoms with Crippen LogP contribution < -0.4 is 24.8 Å². The van der Waals surface area contributed by atoms with E-state index in [1.54, 1.807) is 43.3 Å². The van der Waals surface area contributed by atoms with Crippen molar-refractivity contribution >= 4 is 23.2 Å². The van der Waals surface area contributed by atoms with Crippen LogP contribution in [-0.4, -0.2) is 32.1 Å². The molecule has 0 saturated carbocycles. The lowest BCUT2D eigenvalue weighted by molar-refractivity contribution is -0.122. The number of aryl methyl sites for hydroxylation is 1. The molecule has 7 heteroatoms. The Kier molecular flexibility index (Phi) is 7.91. The highest BCUT2D eigenvalue weighted by molar-refractivity contribution is 6.05. The number of methoxy groups -OCH3 is 2. The molecule has 0 spiro atoms. The van der Waals surface area contributed by atoms with Crippen molar-refractivity contribution < 1.29 is 23.8 Å². The van der Waals surface area contributed by atoms with Gasteiger partial charge in [-0.2, -0.15) is 0 Å². The van der Waals surface area contributed by atoms with Gasteiger partial charge in [0.2, 0.25) is 0 Å². The number of hydrogen-bond acceptors (Lipinski definition) is 5. The molecule has 3 aromatic rings. The SMILES string of the molecule is CCc1cccc(OC(C)C(=O)Nc2cc(OC)c(NC(=O)c3ccccc3)cc2OC)c1. The Hall–Kier alpha value is -4.00. The second-order valence-corrected chi connectivity index (χ2v) is 7.32. The summed E-state index contributed by atoms with van der Waals surface area (Å²) in [5, 5.41) is 5.63. The molecule has 0 radical (unpaired) electrons. The molecule has 2 N–H and O–H groups in total. The molecule has 0 aromatic heterocycles. The standard InChI is InChI=1S/C26H28N2O5/c1-5-18-10-9-13-20(14-18)33-17(2)25(29)27-21-15-24(32-4)22(16-23(21)31-3)28-26(30)19-11-7-6-8-12-19/h6-17H,5H2,1-4H3,(H,27,29)(H,28,30). The van der Waals surface area contributed by atoms with Gasteiger partial charge in [-0.1, -0.05) is 37.3 Å². The van der Waals surface area contributed by atoms with E-state index in [4.69, 9.17) is 14.2 Å². The van der Waals surface area contributed by atoms with Crippen LogP contribution in [0.15, 0.2) is 66.7 Å². The molecule has 0 fully saturated rings. The minimum atomic E-state index is -0.745. The largest absolute Gasteiger partial charge is 0.494 e. The molecule has 172 valence electrons. The molecule has 3 rings (SSSR count). The minimum Gasteiger partial charge on any atom is -0.494 e. The molecule has 0 bridgehead atoms. The van der Waals surface area contributed by atoms with Crippen LogP contribution in [0.3, 0.4) is 0 Å². The van der Waals surface area contributed by atoms with Crippen LogP contribution in [0.25, 0.3) is 0 Å². The lowest BCUT2D eigenvalue weighted by Crippen LogP contribution is -2.30. The minimum absolute atomic E-state index is 0.288. The third-order valence-corrected chi connectivity index (χ3v) is 5.05. The fourth-order valence-electron chi connectivity index (χ4n) is 3.21. The number of hydrogen-bond donors (Lipinski definition) is 2. The zero-order valence-electron chi connectivity index (χ0n) is 19.2. The molecule has 0 aliphatic rings. The first-order valence-corrected chi connectivity index (χ1v) is 10.6. The summed E-state index contributed by atoms with van der Waals surface area (Å²) in [6.07, 6.45) is 0.132. The van der Waals surface area contributed by atoms with Crippen molar-refractivity contribution in [2.75, 3.05) is 24.9 Å². The van der Waals surface area contributed by atoms with Crippen LogP contribution in [0.2, 0.25) is 0 Å². The fourth-order valence-corrected chi connectivity index (χ4v) is 3.21. The summed E-state index contributed by atoms with van der Waals surface area (Å²) >= 11 is 0. The quantitative estimate of drug-likeness (QED) is 0.485. The maximum absolute atomic E-state index is 12.8. The average molecular weight is 449 g/mol. The molecule has 0 heterocycles. The van der Waals surface area contributed by atoms with Crippen LogP contribution in [-0.2, 0) is 11.2 Å². The summed E-state index contributed by atoms with van der Waals surface area (Å²) in [6.45, 7) is 3.73. The van der Waals surface area contributed by atoms with Crippen LogP contribution >= 0.6 is 0 Å². The highest BCUT2D eigenvalue weighted by Crippen LogP contribution is 2.37. The zero-order valence-corrected chi connectivity index (χ0v) is 19.2. The van der Waals surface area contributed by atoms with Gasteiger partial charge in [-0.25, -0.2) is 0 Å². The van der Waals surface area contributed by atoms with E-state index in [9.17, 15) is 9.59 Å². The van der Waals surface area contributed by atoms with Gasteiger partial charge >= 0.3 is 0 Å². The smallest absolute Gasteiger partial charge is 0.265 e. The van der Waals surface area contributed by atoms with Crippen LogP contribution in [0.4, 0.5) is 11.4 Å². The number of ether oxygens (including phenoxy) is 3. The second kappa shape index (κ2) is 11.0. The normalized spacial score (nSPS) is 11.3. The van der Waals surface area contributed by atoms with Gasteiger partial charge < -0.3 is 24.8 Å². The first-order chi connectivity index (χ1) is 15.9. The number of carbonyl (C=O) groups is 2. The van der Waals surface area contributed by atoms with Gasteiger partial charge in [-0.05, 0) is 43.2 Å². The van der Waals surface area contributed by atoms with Gasteiger partial charge in [-0.15, -0.1) is 0 Å². The molecule has 33 heavy (non-hydrogen) atoms. The Morgan fingerprint density at radius 3 is 2.09 bits per heavy atom. The molecular formula is C26H28N2O5. The maximum Gasteiger partial charge on any atom is 0.265 e. The first kappa shape index (κ1) is 23.7. The summed E-state index contributed by atoms with van der Waals surface area (Å²) in [6, 6.07) is 19.7. The third kappa shape index (κ3) is 6.04. The van der Waals surface area contributed by atoms with Gasteiger partial charge in [0.05, 0.1) is 25.6 Å². The maximum atomic E-state index is 12.8. The zero-order chi connectivity index (χ0) is 23.8. The highest BCUT2D eigenvalue weighted by Gasteiger charge is 2.20. The molecule has 7 nitrogen and oxygen atoms in total. The monoisotopic (exact) mass is 448 g/mol. The topological polar surface area (TPSA) is 85.9 Å². The van der Waals surface area contributed by atoms with E-state index in [0.717, 1.165) is 12.0 Å². The summed E-state index contributed by atoms with van der Waals surface area (Å²) in [4.78, 5) is 25.3. The Bertz CT molecular complexity index is 1110. The molecule has 0 aliphatic carbocycles. The Labute approximate surface area is 193 Å². The molecular weight excluding hydrogens is 420 g/mol. The lowest BCUT2D eigenvalue weighted by atomic mass is 10.1. The Balaban J connectivity index is 1.76. The van der Waals surface area contributed by atoms with Crippen LogP contribution in [0.1, 0.15) is 29.8 Å². The first-order valence-electron chi connectivity index (χ1n) is 10.6. The number of rotatable bonds is 9. The van der Waals surface area contributed by atoms with E-state index < -0.39 is 6.10 Å². The van der Waals surface area contributed by atoms with Crippen molar-refractivity contribution in [2.45, 2.75) is 26.4 Å². The molecule has 2 amide bonds. The van der Waals surface area contributed by atoms with E-state index in [2.05, 4.69) is 17.6 Å². The fraction of sp³-hybridized carbons (Fsp3) is 0.231. The second-order valence-electron chi connectivity index (χ2n) is 7.32. The van der Waals surface area contributed by atoms with E-state index in [-0.39, 0.29) is 11.8 Å². The van der Waals surface area contributed by atoms with Crippen molar-refractivity contribution in [1.82, 2.24) is 0 Å². The van der Waals surface area contributed by atoms with Crippen LogP contribution in [0, 0.1) is 0 Å². The summed E-state index contributed by atoms with van der Waals surface area (Å²) in [7, 11) is 2.97. The molecule has 1 atom stereocenters. The van der Waals surface area contributed by atoms with E-state index in [1.807, 2.05) is 30.3 Å². The molecule has 0 aliphatic heterocycles. The van der Waals surface area contributed by atoms with E-state index in [1.165, 1.54) is 14.2 Å². The van der Waals surface area contributed by atoms with Crippen molar-refractivity contribution in [3.05, 3.63) is 77.9 Å². The number of amides is 2. The summed E-state index contributed by atoms with van der Waals surface area (Å²) in [5.41, 5.74) is 2.45. The van der Waals surface area contributed by atoms with E-state index >= 15 is 0 Å². The lowest BCUT2D eigenvalue weighted by Gasteiger charge is -2.19. The van der Waals surface area contributed by atoms with Crippen molar-refractivity contribution in [3.63, 3.8) is 0 Å². The number of benzene rings is 3. The third-order valence-electron chi connectivity index (χ3n) is 5.05. The van der Waals surface area contributed by atoms with Gasteiger partial charge in [0, 0.05) is 17.7 Å². The predicted octanol–water partition coefficient (Wildman–Crippen LogP) is 4.92. The van der Waals surface area contributed by atoms with Gasteiger partial charge in [-0.3, -0.25) is 9.59 Å². The van der Waals surface area contributed by atoms with Gasteiger partial charge in [0.1, 0.15) is 17.2 Å². The molecule has 0 saturated heterocycles. The van der Waals surface area contributed by atoms with E-state index in [0.29, 0.717) is 34.2 Å². The van der Waals surface area contributed by atoms with Gasteiger partial charge in [0.15, 0.2) is 6.10 Å². The van der Waals surface area contributed by atoms with Gasteiger partial charge in [0.25, 0.3) is 11.8 Å². The number of anilines is 2. The summed E-state index contributed by atoms with van der Waals surface area (Å²) < 4.78 is 16.7. The predicted molar refractivity (Wildman–Crippen MR) is 128 cm³/mol. The average Bonchev–Trinajstić information content (AvgIpc) is 2.85. The van der Waals surface area contributed by atoms with Crippen molar-refractivity contribution in [1.29, 1.82) is 0 Å². The van der Waals surface area contributed by atoms with Crippen molar-refractivity contribution in [3.8, 4) is 17.2 Å². The Morgan fingerprint density at radius 2 is 1.48 bits per heavy atom. The highest BCUT2D eigenvalue weighted by atomic mass is 16.5. The Morgan fingerprint density at radius 1 is 0.848 bits per heavy atom. The number of nitrogens with one attached hydrogen (secondary N) is 2. The number of carbonyl (C=O) groups excluding carboxylic acids is 2. The van der Waals surface area contributed by atoms with Crippen molar-refractivity contribution in [2.24, 2.45) is 0 Å².